The van der Waals surface area contributed by atoms with Crippen LogP contribution in [0.15, 0.2) is 18.2 Å². The molecular formula is C18H25NO6. The van der Waals surface area contributed by atoms with Crippen LogP contribution in [-0.4, -0.2) is 55.9 Å². The zero-order valence-electron chi connectivity index (χ0n) is 14.7. The van der Waals surface area contributed by atoms with Crippen LogP contribution in [0.25, 0.3) is 0 Å². The molecule has 0 bridgehead atoms. The number of carboxylic acid groups (broad SMARTS) is 1. The van der Waals surface area contributed by atoms with Crippen LogP contribution >= 0.6 is 0 Å². The van der Waals surface area contributed by atoms with Gasteiger partial charge in [0.2, 0.25) is 5.91 Å². The van der Waals surface area contributed by atoms with Crippen molar-refractivity contribution in [1.29, 1.82) is 0 Å². The molecule has 1 fully saturated rings. The summed E-state index contributed by atoms with van der Waals surface area (Å²) < 4.78 is 15.8. The molecular weight excluding hydrogens is 326 g/mol. The molecule has 25 heavy (non-hydrogen) atoms. The minimum atomic E-state index is -1.03. The number of carboxylic acids is 1. The number of aliphatic carboxylic acids is 1. The Labute approximate surface area is 147 Å². The van der Waals surface area contributed by atoms with Gasteiger partial charge in [0.1, 0.15) is 18.0 Å². The first-order valence-electron chi connectivity index (χ1n) is 8.31. The van der Waals surface area contributed by atoms with Gasteiger partial charge in [-0.05, 0) is 36.5 Å². The smallest absolute Gasteiger partial charge is 0.323 e. The van der Waals surface area contributed by atoms with Crippen molar-refractivity contribution in [2.75, 3.05) is 34.0 Å². The SMILES string of the molecule is COc1cc(CN(CC(=O)O)C(=O)CC2CCOCC2)cc(OC)c1. The lowest BCUT2D eigenvalue weighted by Crippen LogP contribution is -2.36. The van der Waals surface area contributed by atoms with E-state index in [9.17, 15) is 9.59 Å². The van der Waals surface area contributed by atoms with Crippen LogP contribution < -0.4 is 9.47 Å². The Morgan fingerprint density at radius 1 is 1.16 bits per heavy atom. The molecule has 7 heteroatoms. The van der Waals surface area contributed by atoms with Crippen LogP contribution in [0.5, 0.6) is 11.5 Å². The minimum Gasteiger partial charge on any atom is -0.497 e. The Morgan fingerprint density at radius 3 is 2.28 bits per heavy atom. The van der Waals surface area contributed by atoms with Gasteiger partial charge >= 0.3 is 5.97 Å². The summed E-state index contributed by atoms with van der Waals surface area (Å²) in [4.78, 5) is 25.2. The first-order valence-corrected chi connectivity index (χ1v) is 8.31. The lowest BCUT2D eigenvalue weighted by Gasteiger charge is -2.26. The maximum absolute atomic E-state index is 12.6. The highest BCUT2D eigenvalue weighted by atomic mass is 16.5. The summed E-state index contributed by atoms with van der Waals surface area (Å²) in [5, 5.41) is 9.15. The van der Waals surface area contributed by atoms with Crippen LogP contribution in [-0.2, 0) is 20.9 Å². The van der Waals surface area contributed by atoms with Crippen LogP contribution in [0.2, 0.25) is 0 Å². The second-order valence-electron chi connectivity index (χ2n) is 6.12. The average Bonchev–Trinajstić information content (AvgIpc) is 2.61. The molecule has 2 rings (SSSR count). The van der Waals surface area contributed by atoms with E-state index in [0.29, 0.717) is 31.1 Å². The van der Waals surface area contributed by atoms with E-state index in [1.54, 1.807) is 32.4 Å². The molecule has 1 aliphatic rings. The van der Waals surface area contributed by atoms with Crippen molar-refractivity contribution < 1.29 is 28.9 Å². The fourth-order valence-electron chi connectivity index (χ4n) is 2.90. The van der Waals surface area contributed by atoms with E-state index < -0.39 is 5.97 Å². The monoisotopic (exact) mass is 351 g/mol. The summed E-state index contributed by atoms with van der Waals surface area (Å²) in [7, 11) is 3.09. The number of carbonyl (C=O) groups is 2. The molecule has 0 aliphatic carbocycles. The van der Waals surface area contributed by atoms with E-state index >= 15 is 0 Å². The first kappa shape index (κ1) is 19.1. The third-order valence-electron chi connectivity index (χ3n) is 4.27. The second kappa shape index (κ2) is 9.27. The van der Waals surface area contributed by atoms with Gasteiger partial charge in [0, 0.05) is 32.2 Å². The second-order valence-corrected chi connectivity index (χ2v) is 6.12. The van der Waals surface area contributed by atoms with Crippen LogP contribution in [0, 0.1) is 5.92 Å². The number of methoxy groups -OCH3 is 2. The molecule has 0 aromatic heterocycles. The maximum atomic E-state index is 12.6. The molecule has 0 radical (unpaired) electrons. The van der Waals surface area contributed by atoms with Gasteiger partial charge in [0.15, 0.2) is 0 Å². The summed E-state index contributed by atoms with van der Waals surface area (Å²) in [6.07, 6.45) is 2.01. The van der Waals surface area contributed by atoms with E-state index in [-0.39, 0.29) is 24.9 Å². The first-order chi connectivity index (χ1) is 12.0. The standard InChI is InChI=1S/C18H25NO6/c1-23-15-7-14(8-16(10-15)24-2)11-19(12-18(21)22)17(20)9-13-3-5-25-6-4-13/h7-8,10,13H,3-6,9,11-12H2,1-2H3,(H,21,22). The molecule has 0 saturated carbocycles. The van der Waals surface area contributed by atoms with Gasteiger partial charge in [-0.3, -0.25) is 9.59 Å². The van der Waals surface area contributed by atoms with Gasteiger partial charge in [-0.15, -0.1) is 0 Å². The van der Waals surface area contributed by atoms with E-state index in [4.69, 9.17) is 19.3 Å². The molecule has 1 saturated heterocycles. The number of rotatable bonds is 8. The Kier molecular flexibility index (Phi) is 7.06. The van der Waals surface area contributed by atoms with Crippen molar-refractivity contribution in [3.63, 3.8) is 0 Å². The molecule has 0 spiro atoms. The lowest BCUT2D eigenvalue weighted by molar-refractivity contribution is -0.145. The number of nitrogens with zero attached hydrogens (tertiary/aromatic N) is 1. The predicted molar refractivity (Wildman–Crippen MR) is 90.8 cm³/mol. The fraction of sp³-hybridized carbons (Fsp3) is 0.556. The summed E-state index contributed by atoms with van der Waals surface area (Å²) in [5.74, 6) is 0.256. The largest absolute Gasteiger partial charge is 0.497 e. The number of carbonyl (C=O) groups excluding carboxylic acids is 1. The van der Waals surface area contributed by atoms with Crippen molar-refractivity contribution in [3.8, 4) is 11.5 Å². The van der Waals surface area contributed by atoms with Crippen molar-refractivity contribution >= 4 is 11.9 Å². The van der Waals surface area contributed by atoms with Gasteiger partial charge in [-0.2, -0.15) is 0 Å². The molecule has 1 amide bonds. The molecule has 0 unspecified atom stereocenters. The summed E-state index contributed by atoms with van der Waals surface area (Å²) >= 11 is 0. The highest BCUT2D eigenvalue weighted by Gasteiger charge is 2.23. The highest BCUT2D eigenvalue weighted by molar-refractivity contribution is 5.81. The third kappa shape index (κ3) is 5.94. The Balaban J connectivity index is 2.10. The topological polar surface area (TPSA) is 85.3 Å². The van der Waals surface area contributed by atoms with Gasteiger partial charge in [-0.25, -0.2) is 0 Å². The van der Waals surface area contributed by atoms with E-state index in [0.717, 1.165) is 18.4 Å². The van der Waals surface area contributed by atoms with Crippen molar-refractivity contribution in [2.24, 2.45) is 5.92 Å². The molecule has 7 nitrogen and oxygen atoms in total. The summed E-state index contributed by atoms with van der Waals surface area (Å²) in [6, 6.07) is 5.28. The number of amides is 1. The fourth-order valence-corrected chi connectivity index (χ4v) is 2.90. The quantitative estimate of drug-likeness (QED) is 0.770. The van der Waals surface area contributed by atoms with Crippen LogP contribution in [0.4, 0.5) is 0 Å². The Morgan fingerprint density at radius 2 is 1.76 bits per heavy atom. The lowest BCUT2D eigenvalue weighted by atomic mass is 9.96. The number of hydrogen-bond donors (Lipinski definition) is 1. The average molecular weight is 351 g/mol. The summed E-state index contributed by atoms with van der Waals surface area (Å²) in [6.45, 7) is 1.18. The Bertz CT molecular complexity index is 575. The van der Waals surface area contributed by atoms with Gasteiger partial charge in [0.05, 0.1) is 14.2 Å². The number of benzene rings is 1. The summed E-state index contributed by atoms with van der Waals surface area (Å²) in [5.41, 5.74) is 0.762. The third-order valence-corrected chi connectivity index (χ3v) is 4.27. The molecule has 1 N–H and O–H groups in total. The van der Waals surface area contributed by atoms with Crippen molar-refractivity contribution in [1.82, 2.24) is 4.90 Å². The van der Waals surface area contributed by atoms with Gasteiger partial charge < -0.3 is 24.2 Å². The van der Waals surface area contributed by atoms with Crippen LogP contribution in [0.3, 0.4) is 0 Å². The zero-order chi connectivity index (χ0) is 18.2. The van der Waals surface area contributed by atoms with E-state index in [1.807, 2.05) is 0 Å². The Hall–Kier alpha value is -2.28. The molecule has 1 heterocycles. The maximum Gasteiger partial charge on any atom is 0.323 e. The van der Waals surface area contributed by atoms with E-state index in [2.05, 4.69) is 0 Å². The normalized spacial score (nSPS) is 14.8. The zero-order valence-corrected chi connectivity index (χ0v) is 14.7. The van der Waals surface area contributed by atoms with E-state index in [1.165, 1.54) is 4.90 Å². The van der Waals surface area contributed by atoms with Gasteiger partial charge in [-0.1, -0.05) is 0 Å². The molecule has 1 aromatic rings. The number of hydrogen-bond acceptors (Lipinski definition) is 5. The van der Waals surface area contributed by atoms with Gasteiger partial charge in [0.25, 0.3) is 0 Å². The van der Waals surface area contributed by atoms with Crippen molar-refractivity contribution in [2.45, 2.75) is 25.8 Å². The molecule has 138 valence electrons. The molecule has 1 aliphatic heterocycles. The van der Waals surface area contributed by atoms with Crippen molar-refractivity contribution in [3.05, 3.63) is 23.8 Å². The minimum absolute atomic E-state index is 0.156. The highest BCUT2D eigenvalue weighted by Crippen LogP contribution is 2.24. The van der Waals surface area contributed by atoms with Crippen LogP contribution in [0.1, 0.15) is 24.8 Å². The molecule has 0 atom stereocenters. The number of ether oxygens (including phenoxy) is 3. The predicted octanol–water partition coefficient (Wildman–Crippen LogP) is 1.93. The molecule has 1 aromatic carbocycles.